The van der Waals surface area contributed by atoms with Gasteiger partial charge in [-0.15, -0.1) is 0 Å². The number of hydrogen-bond acceptors (Lipinski definition) is 3. The minimum absolute atomic E-state index is 0.505. The average molecular weight is 186 g/mol. The number of hydrogen-bond donors (Lipinski definition) is 1. The van der Waals surface area contributed by atoms with E-state index in [1.807, 2.05) is 6.92 Å². The molecule has 0 aliphatic heterocycles. The maximum atomic E-state index is 5.77. The molecule has 3 nitrogen and oxygen atoms in total. The molecule has 1 rings (SSSR count). The third-order valence-electron chi connectivity index (χ3n) is 1.51. The zero-order valence-corrected chi connectivity index (χ0v) is 7.80. The molecule has 0 saturated carbocycles. The number of halogens is 1. The third kappa shape index (κ3) is 2.43. The lowest BCUT2D eigenvalue weighted by Crippen LogP contribution is -2.06. The Balaban J connectivity index is 2.90. The van der Waals surface area contributed by atoms with E-state index in [1.54, 1.807) is 6.07 Å². The molecule has 0 saturated heterocycles. The summed E-state index contributed by atoms with van der Waals surface area (Å²) < 4.78 is 0. The van der Waals surface area contributed by atoms with Gasteiger partial charge in [0, 0.05) is 18.5 Å². The Labute approximate surface area is 77.0 Å². The van der Waals surface area contributed by atoms with Gasteiger partial charge < -0.3 is 5.73 Å². The molecule has 0 aliphatic carbocycles. The summed E-state index contributed by atoms with van der Waals surface area (Å²) >= 11 is 5.77. The van der Waals surface area contributed by atoms with Crippen LogP contribution in [-0.2, 0) is 12.8 Å². The van der Waals surface area contributed by atoms with Crippen LogP contribution in [0.5, 0.6) is 0 Å². The normalized spacial score (nSPS) is 10.2. The van der Waals surface area contributed by atoms with Gasteiger partial charge in [0.05, 0.1) is 0 Å². The van der Waals surface area contributed by atoms with E-state index in [1.165, 1.54) is 0 Å². The molecule has 0 radical (unpaired) electrons. The summed E-state index contributed by atoms with van der Waals surface area (Å²) in [6, 6.07) is 1.76. The first-order valence-corrected chi connectivity index (χ1v) is 4.36. The highest BCUT2D eigenvalue weighted by Gasteiger charge is 2.00. The lowest BCUT2D eigenvalue weighted by molar-refractivity contribution is 0.856. The van der Waals surface area contributed by atoms with Crippen molar-refractivity contribution in [2.24, 2.45) is 5.73 Å². The Morgan fingerprint density at radius 3 is 2.83 bits per heavy atom. The summed E-state index contributed by atoms with van der Waals surface area (Å²) in [6.45, 7) is 2.59. The average Bonchev–Trinajstić information content (AvgIpc) is 2.04. The van der Waals surface area contributed by atoms with Gasteiger partial charge in [-0.3, -0.25) is 0 Å². The summed E-state index contributed by atoms with van der Waals surface area (Å²) in [5, 5.41) is 0.505. The smallest absolute Gasteiger partial charge is 0.133 e. The molecule has 1 aromatic heterocycles. The van der Waals surface area contributed by atoms with Crippen molar-refractivity contribution in [1.82, 2.24) is 9.97 Å². The summed E-state index contributed by atoms with van der Waals surface area (Å²) in [5.41, 5.74) is 6.32. The highest BCUT2D eigenvalue weighted by molar-refractivity contribution is 6.29. The molecular formula is C8H12ClN3. The first-order chi connectivity index (χ1) is 5.76. The second kappa shape index (κ2) is 4.38. The van der Waals surface area contributed by atoms with Gasteiger partial charge in [-0.05, 0) is 12.6 Å². The van der Waals surface area contributed by atoms with Crippen molar-refractivity contribution in [1.29, 1.82) is 0 Å². The molecule has 1 aromatic rings. The van der Waals surface area contributed by atoms with Crippen LogP contribution in [0.1, 0.15) is 18.4 Å². The maximum absolute atomic E-state index is 5.77. The van der Waals surface area contributed by atoms with Crippen LogP contribution in [-0.4, -0.2) is 16.5 Å². The Morgan fingerprint density at radius 2 is 2.25 bits per heavy atom. The zero-order chi connectivity index (χ0) is 8.97. The Bertz CT molecular complexity index is 262. The molecular weight excluding hydrogens is 174 g/mol. The molecule has 0 aromatic carbocycles. The van der Waals surface area contributed by atoms with Gasteiger partial charge in [-0.1, -0.05) is 18.5 Å². The second-order valence-corrected chi connectivity index (χ2v) is 2.88. The van der Waals surface area contributed by atoms with Crippen LogP contribution in [0.3, 0.4) is 0 Å². The predicted molar refractivity (Wildman–Crippen MR) is 49.2 cm³/mol. The SMILES string of the molecule is CCc1nc(Cl)cc(CCN)n1. The van der Waals surface area contributed by atoms with Gasteiger partial charge in [0.25, 0.3) is 0 Å². The van der Waals surface area contributed by atoms with E-state index < -0.39 is 0 Å². The standard InChI is InChI=1S/C8H12ClN3/c1-2-8-11-6(3-4-10)5-7(9)12-8/h5H,2-4,10H2,1H3. The molecule has 0 unspecified atom stereocenters. The highest BCUT2D eigenvalue weighted by atomic mass is 35.5. The molecule has 1 heterocycles. The molecule has 4 heteroatoms. The fourth-order valence-corrected chi connectivity index (χ4v) is 1.17. The van der Waals surface area contributed by atoms with Crippen molar-refractivity contribution in [3.05, 3.63) is 22.7 Å². The monoisotopic (exact) mass is 185 g/mol. The van der Waals surface area contributed by atoms with Crippen molar-refractivity contribution in [2.75, 3.05) is 6.54 Å². The third-order valence-corrected chi connectivity index (χ3v) is 1.70. The highest BCUT2D eigenvalue weighted by Crippen LogP contribution is 2.07. The molecule has 0 spiro atoms. The van der Waals surface area contributed by atoms with E-state index in [-0.39, 0.29) is 0 Å². The fourth-order valence-electron chi connectivity index (χ4n) is 0.950. The Morgan fingerprint density at radius 1 is 1.50 bits per heavy atom. The topological polar surface area (TPSA) is 51.8 Å². The minimum atomic E-state index is 0.505. The summed E-state index contributed by atoms with van der Waals surface area (Å²) in [5.74, 6) is 0.783. The van der Waals surface area contributed by atoms with Crippen molar-refractivity contribution in [2.45, 2.75) is 19.8 Å². The van der Waals surface area contributed by atoms with Crippen LogP contribution in [0.15, 0.2) is 6.07 Å². The number of aromatic nitrogens is 2. The van der Waals surface area contributed by atoms with Gasteiger partial charge in [-0.2, -0.15) is 0 Å². The van der Waals surface area contributed by atoms with E-state index in [0.29, 0.717) is 11.7 Å². The molecule has 0 fully saturated rings. The minimum Gasteiger partial charge on any atom is -0.330 e. The van der Waals surface area contributed by atoms with E-state index in [2.05, 4.69) is 9.97 Å². The van der Waals surface area contributed by atoms with Crippen LogP contribution in [0.2, 0.25) is 5.15 Å². The number of nitrogens with zero attached hydrogens (tertiary/aromatic N) is 2. The first-order valence-electron chi connectivity index (χ1n) is 3.98. The molecule has 0 aliphatic rings. The molecule has 2 N–H and O–H groups in total. The molecule has 0 bridgehead atoms. The van der Waals surface area contributed by atoms with Crippen LogP contribution < -0.4 is 5.73 Å². The van der Waals surface area contributed by atoms with Crippen LogP contribution in [0.25, 0.3) is 0 Å². The van der Waals surface area contributed by atoms with Gasteiger partial charge in [0.2, 0.25) is 0 Å². The van der Waals surface area contributed by atoms with Crippen molar-refractivity contribution in [3.8, 4) is 0 Å². The largest absolute Gasteiger partial charge is 0.330 e. The fraction of sp³-hybridized carbons (Fsp3) is 0.500. The van der Waals surface area contributed by atoms with Crippen LogP contribution >= 0.6 is 11.6 Å². The zero-order valence-electron chi connectivity index (χ0n) is 7.05. The van der Waals surface area contributed by atoms with Crippen molar-refractivity contribution >= 4 is 11.6 Å². The van der Waals surface area contributed by atoms with E-state index in [9.17, 15) is 0 Å². The van der Waals surface area contributed by atoms with E-state index >= 15 is 0 Å². The summed E-state index contributed by atoms with van der Waals surface area (Å²) in [4.78, 5) is 8.31. The van der Waals surface area contributed by atoms with E-state index in [0.717, 1.165) is 24.4 Å². The van der Waals surface area contributed by atoms with Crippen molar-refractivity contribution in [3.63, 3.8) is 0 Å². The number of nitrogens with two attached hydrogens (primary N) is 1. The summed E-state index contributed by atoms with van der Waals surface area (Å²) in [6.07, 6.45) is 1.56. The first kappa shape index (κ1) is 9.42. The van der Waals surface area contributed by atoms with Gasteiger partial charge in [-0.25, -0.2) is 9.97 Å². The van der Waals surface area contributed by atoms with Crippen LogP contribution in [0, 0.1) is 0 Å². The lowest BCUT2D eigenvalue weighted by Gasteiger charge is -2.01. The summed E-state index contributed by atoms with van der Waals surface area (Å²) in [7, 11) is 0. The quantitative estimate of drug-likeness (QED) is 0.720. The molecule has 0 atom stereocenters. The molecule has 12 heavy (non-hydrogen) atoms. The number of rotatable bonds is 3. The molecule has 66 valence electrons. The number of aryl methyl sites for hydroxylation is 1. The predicted octanol–water partition coefficient (Wildman–Crippen LogP) is 1.19. The second-order valence-electron chi connectivity index (χ2n) is 2.49. The Hall–Kier alpha value is -0.670. The maximum Gasteiger partial charge on any atom is 0.133 e. The van der Waals surface area contributed by atoms with Crippen LogP contribution in [0.4, 0.5) is 0 Å². The van der Waals surface area contributed by atoms with Gasteiger partial charge >= 0.3 is 0 Å². The van der Waals surface area contributed by atoms with Gasteiger partial charge in [0.1, 0.15) is 11.0 Å². The van der Waals surface area contributed by atoms with Gasteiger partial charge in [0.15, 0.2) is 0 Å². The lowest BCUT2D eigenvalue weighted by atomic mass is 10.3. The molecule has 0 amide bonds. The van der Waals surface area contributed by atoms with E-state index in [4.69, 9.17) is 17.3 Å². The Kier molecular flexibility index (Phi) is 3.44. The van der Waals surface area contributed by atoms with Crippen molar-refractivity contribution < 1.29 is 0 Å².